The van der Waals surface area contributed by atoms with Crippen LogP contribution in [0.1, 0.15) is 29.6 Å². The van der Waals surface area contributed by atoms with Crippen LogP contribution < -0.4 is 15.8 Å². The summed E-state index contributed by atoms with van der Waals surface area (Å²) in [4.78, 5) is 12.1. The van der Waals surface area contributed by atoms with E-state index < -0.39 is 0 Å². The lowest BCUT2D eigenvalue weighted by Gasteiger charge is -2.21. The van der Waals surface area contributed by atoms with Crippen LogP contribution in [0.5, 0.6) is 5.75 Å². The lowest BCUT2D eigenvalue weighted by molar-refractivity contribution is 0.0950. The number of thioether (sulfide) groups is 1. The SMILES string of the molecule is COc1cc(N)ccc1C(=O)NCC1CCCCS1. The summed E-state index contributed by atoms with van der Waals surface area (Å²) < 4.78 is 5.19. The van der Waals surface area contributed by atoms with Gasteiger partial charge in [0.25, 0.3) is 5.91 Å². The summed E-state index contributed by atoms with van der Waals surface area (Å²) >= 11 is 1.95. The van der Waals surface area contributed by atoms with E-state index in [9.17, 15) is 4.79 Å². The number of carbonyl (C=O) groups excluding carboxylic acids is 1. The number of nitrogen functional groups attached to an aromatic ring is 1. The molecule has 1 aliphatic rings. The molecule has 4 nitrogen and oxygen atoms in total. The molecule has 0 radical (unpaired) electrons. The van der Waals surface area contributed by atoms with Crippen LogP contribution in [0, 0.1) is 0 Å². The minimum Gasteiger partial charge on any atom is -0.496 e. The third kappa shape index (κ3) is 3.80. The zero-order chi connectivity index (χ0) is 13.7. The van der Waals surface area contributed by atoms with Crippen LogP contribution in [0.25, 0.3) is 0 Å². The van der Waals surface area contributed by atoms with Gasteiger partial charge in [-0.1, -0.05) is 6.42 Å². The second kappa shape index (κ2) is 6.70. The molecule has 0 aliphatic carbocycles. The van der Waals surface area contributed by atoms with Gasteiger partial charge in [-0.3, -0.25) is 4.79 Å². The number of nitrogens with two attached hydrogens (primary N) is 1. The molecule has 1 saturated heterocycles. The summed E-state index contributed by atoms with van der Waals surface area (Å²) in [7, 11) is 1.54. The molecule has 104 valence electrons. The molecule has 1 aromatic carbocycles. The van der Waals surface area contributed by atoms with Crippen molar-refractivity contribution in [3.8, 4) is 5.75 Å². The molecule has 1 amide bonds. The predicted molar refractivity (Wildman–Crippen MR) is 79.8 cm³/mol. The summed E-state index contributed by atoms with van der Waals surface area (Å²) in [6, 6.07) is 5.09. The highest BCUT2D eigenvalue weighted by atomic mass is 32.2. The summed E-state index contributed by atoms with van der Waals surface area (Å²) in [5.74, 6) is 1.63. The van der Waals surface area contributed by atoms with Crippen molar-refractivity contribution in [2.45, 2.75) is 24.5 Å². The van der Waals surface area contributed by atoms with E-state index in [1.807, 2.05) is 11.8 Å². The van der Waals surface area contributed by atoms with Crippen molar-refractivity contribution in [3.05, 3.63) is 23.8 Å². The number of hydrogen-bond acceptors (Lipinski definition) is 4. The molecule has 1 fully saturated rings. The van der Waals surface area contributed by atoms with Gasteiger partial charge in [-0.05, 0) is 30.7 Å². The summed E-state index contributed by atoms with van der Waals surface area (Å²) in [5.41, 5.74) is 6.81. The van der Waals surface area contributed by atoms with Gasteiger partial charge < -0.3 is 15.8 Å². The molecule has 1 aliphatic heterocycles. The first-order chi connectivity index (χ1) is 9.20. The topological polar surface area (TPSA) is 64.3 Å². The van der Waals surface area contributed by atoms with Gasteiger partial charge in [0.2, 0.25) is 0 Å². The van der Waals surface area contributed by atoms with Crippen molar-refractivity contribution in [2.75, 3.05) is 25.1 Å². The van der Waals surface area contributed by atoms with E-state index >= 15 is 0 Å². The minimum absolute atomic E-state index is 0.0944. The minimum atomic E-state index is -0.0944. The Morgan fingerprint density at radius 1 is 1.53 bits per heavy atom. The Morgan fingerprint density at radius 2 is 2.37 bits per heavy atom. The zero-order valence-electron chi connectivity index (χ0n) is 11.1. The van der Waals surface area contributed by atoms with Crippen LogP contribution in [-0.4, -0.2) is 30.6 Å². The molecule has 0 saturated carbocycles. The average Bonchev–Trinajstić information content (AvgIpc) is 2.45. The molecule has 0 aromatic heterocycles. The molecule has 1 heterocycles. The number of hydrogen-bond donors (Lipinski definition) is 2. The van der Waals surface area contributed by atoms with E-state index in [-0.39, 0.29) is 5.91 Å². The van der Waals surface area contributed by atoms with E-state index in [0.29, 0.717) is 22.3 Å². The smallest absolute Gasteiger partial charge is 0.255 e. The van der Waals surface area contributed by atoms with Gasteiger partial charge in [-0.25, -0.2) is 0 Å². The molecule has 3 N–H and O–H groups in total. The zero-order valence-corrected chi connectivity index (χ0v) is 12.0. The van der Waals surface area contributed by atoms with Gasteiger partial charge >= 0.3 is 0 Å². The molecular weight excluding hydrogens is 260 g/mol. The third-order valence-corrected chi connectivity index (χ3v) is 4.63. The number of benzene rings is 1. The lowest BCUT2D eigenvalue weighted by Crippen LogP contribution is -2.32. The Labute approximate surface area is 118 Å². The van der Waals surface area contributed by atoms with Gasteiger partial charge in [-0.15, -0.1) is 0 Å². The van der Waals surface area contributed by atoms with Crippen molar-refractivity contribution < 1.29 is 9.53 Å². The normalized spacial score (nSPS) is 18.9. The fraction of sp³-hybridized carbons (Fsp3) is 0.500. The van der Waals surface area contributed by atoms with Crippen molar-refractivity contribution in [3.63, 3.8) is 0 Å². The quantitative estimate of drug-likeness (QED) is 0.831. The van der Waals surface area contributed by atoms with E-state index in [0.717, 1.165) is 6.54 Å². The van der Waals surface area contributed by atoms with Crippen molar-refractivity contribution in [1.82, 2.24) is 5.32 Å². The second-order valence-electron chi connectivity index (χ2n) is 4.66. The van der Waals surface area contributed by atoms with Crippen LogP contribution >= 0.6 is 11.8 Å². The van der Waals surface area contributed by atoms with Gasteiger partial charge in [0.05, 0.1) is 12.7 Å². The van der Waals surface area contributed by atoms with E-state index in [2.05, 4.69) is 5.32 Å². The molecule has 1 aromatic rings. The van der Waals surface area contributed by atoms with E-state index in [4.69, 9.17) is 10.5 Å². The van der Waals surface area contributed by atoms with E-state index in [1.165, 1.54) is 25.0 Å². The van der Waals surface area contributed by atoms with Crippen LogP contribution in [0.15, 0.2) is 18.2 Å². The number of methoxy groups -OCH3 is 1. The van der Waals surface area contributed by atoms with Crippen molar-refractivity contribution >= 4 is 23.4 Å². The third-order valence-electron chi connectivity index (χ3n) is 3.23. The fourth-order valence-electron chi connectivity index (χ4n) is 2.17. The Kier molecular flexibility index (Phi) is 4.96. The number of carbonyl (C=O) groups is 1. The first-order valence-electron chi connectivity index (χ1n) is 6.54. The largest absolute Gasteiger partial charge is 0.496 e. The fourth-order valence-corrected chi connectivity index (χ4v) is 3.40. The Morgan fingerprint density at radius 3 is 3.05 bits per heavy atom. The van der Waals surface area contributed by atoms with Crippen molar-refractivity contribution in [1.29, 1.82) is 0 Å². The highest BCUT2D eigenvalue weighted by Crippen LogP contribution is 2.25. The van der Waals surface area contributed by atoms with E-state index in [1.54, 1.807) is 25.3 Å². The summed E-state index contributed by atoms with van der Waals surface area (Å²) in [6.07, 6.45) is 3.74. The molecule has 5 heteroatoms. The van der Waals surface area contributed by atoms with Gasteiger partial charge in [-0.2, -0.15) is 11.8 Å². The molecule has 0 spiro atoms. The highest BCUT2D eigenvalue weighted by Gasteiger charge is 2.17. The molecular formula is C14H20N2O2S. The number of rotatable bonds is 4. The van der Waals surface area contributed by atoms with Crippen LogP contribution in [0.4, 0.5) is 5.69 Å². The van der Waals surface area contributed by atoms with Crippen LogP contribution in [0.3, 0.4) is 0 Å². The first kappa shape index (κ1) is 14.1. The van der Waals surface area contributed by atoms with Gasteiger partial charge in [0.1, 0.15) is 5.75 Å². The molecule has 19 heavy (non-hydrogen) atoms. The van der Waals surface area contributed by atoms with Crippen LogP contribution in [0.2, 0.25) is 0 Å². The second-order valence-corrected chi connectivity index (χ2v) is 6.07. The highest BCUT2D eigenvalue weighted by molar-refractivity contribution is 7.99. The lowest BCUT2D eigenvalue weighted by atomic mass is 10.1. The summed E-state index contributed by atoms with van der Waals surface area (Å²) in [5, 5.41) is 3.52. The molecule has 1 unspecified atom stereocenters. The maximum absolute atomic E-state index is 12.1. The monoisotopic (exact) mass is 280 g/mol. The first-order valence-corrected chi connectivity index (χ1v) is 7.59. The molecule has 1 atom stereocenters. The van der Waals surface area contributed by atoms with Crippen LogP contribution in [-0.2, 0) is 0 Å². The number of amides is 1. The number of anilines is 1. The Hall–Kier alpha value is -1.36. The van der Waals surface area contributed by atoms with Crippen molar-refractivity contribution in [2.24, 2.45) is 0 Å². The summed E-state index contributed by atoms with van der Waals surface area (Å²) in [6.45, 7) is 0.719. The predicted octanol–water partition coefficient (Wildman–Crippen LogP) is 2.29. The number of nitrogens with one attached hydrogen (secondary N) is 1. The molecule has 0 bridgehead atoms. The maximum Gasteiger partial charge on any atom is 0.255 e. The standard InChI is InChI=1S/C14H20N2O2S/c1-18-13-8-10(15)5-6-12(13)14(17)16-9-11-4-2-3-7-19-11/h5-6,8,11H,2-4,7,9,15H2,1H3,(H,16,17). The Bertz CT molecular complexity index is 445. The average molecular weight is 280 g/mol. The molecule has 2 rings (SSSR count). The number of ether oxygens (including phenoxy) is 1. The van der Waals surface area contributed by atoms with Gasteiger partial charge in [0, 0.05) is 23.5 Å². The Balaban J connectivity index is 1.95. The van der Waals surface area contributed by atoms with Gasteiger partial charge in [0.15, 0.2) is 0 Å². The maximum atomic E-state index is 12.1.